The van der Waals surface area contributed by atoms with Crippen LogP contribution in [0.5, 0.6) is 0 Å². The molecule has 2 amide bonds. The third kappa shape index (κ3) is 4.32. The van der Waals surface area contributed by atoms with Crippen molar-refractivity contribution in [3.8, 4) is 0 Å². The van der Waals surface area contributed by atoms with Crippen LogP contribution >= 0.6 is 0 Å². The maximum Gasteiger partial charge on any atom is 0.261 e. The molecule has 2 aliphatic heterocycles. The molecule has 30 heavy (non-hydrogen) atoms. The molecule has 0 radical (unpaired) electrons. The average molecular weight is 407 g/mol. The number of rotatable bonds is 9. The van der Waals surface area contributed by atoms with Crippen molar-refractivity contribution < 1.29 is 14.3 Å². The SMILES string of the molecule is O=C1c2ccccc2C(=O)N1CCCCCCNC1(c2ccccc2)CCOCC1. The highest BCUT2D eigenvalue weighted by Gasteiger charge is 2.35. The number of unbranched alkanes of at least 4 members (excludes halogenated alkanes) is 3. The fraction of sp³-hybridized carbons (Fsp3) is 0.440. The predicted molar refractivity (Wildman–Crippen MR) is 116 cm³/mol. The summed E-state index contributed by atoms with van der Waals surface area (Å²) in [5, 5.41) is 3.81. The first-order chi connectivity index (χ1) is 14.7. The van der Waals surface area contributed by atoms with Crippen molar-refractivity contribution in [1.29, 1.82) is 0 Å². The molecule has 0 bridgehead atoms. The highest BCUT2D eigenvalue weighted by Crippen LogP contribution is 2.32. The molecule has 1 N–H and O–H groups in total. The second-order valence-electron chi connectivity index (χ2n) is 8.21. The molecule has 0 atom stereocenters. The molecule has 0 aromatic heterocycles. The molecule has 2 aromatic rings. The van der Waals surface area contributed by atoms with E-state index in [9.17, 15) is 9.59 Å². The number of amides is 2. The molecular weight excluding hydrogens is 376 g/mol. The van der Waals surface area contributed by atoms with Gasteiger partial charge in [0.05, 0.1) is 11.1 Å². The van der Waals surface area contributed by atoms with E-state index in [0.29, 0.717) is 17.7 Å². The molecule has 0 aliphatic carbocycles. The lowest BCUT2D eigenvalue weighted by Gasteiger charge is -2.39. The van der Waals surface area contributed by atoms with Gasteiger partial charge in [-0.2, -0.15) is 0 Å². The van der Waals surface area contributed by atoms with Crippen LogP contribution in [0.3, 0.4) is 0 Å². The minimum Gasteiger partial charge on any atom is -0.381 e. The van der Waals surface area contributed by atoms with Gasteiger partial charge in [0.2, 0.25) is 0 Å². The van der Waals surface area contributed by atoms with Crippen LogP contribution in [-0.2, 0) is 10.3 Å². The van der Waals surface area contributed by atoms with Crippen molar-refractivity contribution in [2.45, 2.75) is 44.1 Å². The van der Waals surface area contributed by atoms with E-state index in [-0.39, 0.29) is 17.4 Å². The van der Waals surface area contributed by atoms with E-state index in [2.05, 4.69) is 35.6 Å². The average Bonchev–Trinajstić information content (AvgIpc) is 3.04. The highest BCUT2D eigenvalue weighted by atomic mass is 16.5. The van der Waals surface area contributed by atoms with Crippen LogP contribution in [0, 0.1) is 0 Å². The van der Waals surface area contributed by atoms with Gasteiger partial charge in [0.1, 0.15) is 0 Å². The number of hydrogen-bond acceptors (Lipinski definition) is 4. The van der Waals surface area contributed by atoms with Gasteiger partial charge < -0.3 is 10.1 Å². The number of fused-ring (bicyclic) bond motifs is 1. The Kier molecular flexibility index (Phi) is 6.60. The van der Waals surface area contributed by atoms with Gasteiger partial charge in [0.25, 0.3) is 11.8 Å². The van der Waals surface area contributed by atoms with Crippen LogP contribution in [0.4, 0.5) is 0 Å². The number of imide groups is 1. The van der Waals surface area contributed by atoms with Crippen LogP contribution in [0.2, 0.25) is 0 Å². The topological polar surface area (TPSA) is 58.6 Å². The Balaban J connectivity index is 1.20. The molecule has 0 saturated carbocycles. The number of benzene rings is 2. The third-order valence-electron chi connectivity index (χ3n) is 6.32. The molecule has 5 heteroatoms. The van der Waals surface area contributed by atoms with Gasteiger partial charge in [0.15, 0.2) is 0 Å². The first-order valence-corrected chi connectivity index (χ1v) is 11.0. The van der Waals surface area contributed by atoms with Crippen molar-refractivity contribution in [1.82, 2.24) is 10.2 Å². The Morgan fingerprint density at radius 3 is 2.07 bits per heavy atom. The van der Waals surface area contributed by atoms with E-state index >= 15 is 0 Å². The second kappa shape index (κ2) is 9.54. The zero-order valence-corrected chi connectivity index (χ0v) is 17.4. The normalized spacial score (nSPS) is 17.9. The lowest BCUT2D eigenvalue weighted by atomic mass is 9.82. The molecule has 2 heterocycles. The highest BCUT2D eigenvalue weighted by molar-refractivity contribution is 6.21. The molecule has 0 spiro atoms. The molecule has 158 valence electrons. The molecule has 1 saturated heterocycles. The van der Waals surface area contributed by atoms with E-state index in [1.54, 1.807) is 24.3 Å². The van der Waals surface area contributed by atoms with Crippen molar-refractivity contribution >= 4 is 11.8 Å². The van der Waals surface area contributed by atoms with Gasteiger partial charge in [-0.25, -0.2) is 0 Å². The van der Waals surface area contributed by atoms with Crippen LogP contribution in [0.1, 0.15) is 64.8 Å². The van der Waals surface area contributed by atoms with Crippen molar-refractivity contribution in [2.24, 2.45) is 0 Å². The summed E-state index contributed by atoms with van der Waals surface area (Å²) in [5.41, 5.74) is 2.43. The molecule has 4 rings (SSSR count). The number of hydrogen-bond donors (Lipinski definition) is 1. The summed E-state index contributed by atoms with van der Waals surface area (Å²) >= 11 is 0. The van der Waals surface area contributed by atoms with Crippen LogP contribution in [0.15, 0.2) is 54.6 Å². The fourth-order valence-electron chi connectivity index (χ4n) is 4.56. The first kappa shape index (κ1) is 20.8. The monoisotopic (exact) mass is 406 g/mol. The predicted octanol–water partition coefficient (Wildman–Crippen LogP) is 4.14. The van der Waals surface area contributed by atoms with Crippen LogP contribution in [-0.4, -0.2) is 43.0 Å². The Hall–Kier alpha value is -2.50. The summed E-state index contributed by atoms with van der Waals surface area (Å²) in [6.45, 7) is 3.05. The summed E-state index contributed by atoms with van der Waals surface area (Å²) < 4.78 is 5.60. The third-order valence-corrected chi connectivity index (χ3v) is 6.32. The number of carbonyl (C=O) groups excluding carboxylic acids is 2. The first-order valence-electron chi connectivity index (χ1n) is 11.0. The molecule has 1 fully saturated rings. The minimum atomic E-state index is -0.151. The van der Waals surface area contributed by atoms with Crippen LogP contribution < -0.4 is 5.32 Å². The summed E-state index contributed by atoms with van der Waals surface area (Å²) in [7, 11) is 0. The number of nitrogens with zero attached hydrogens (tertiary/aromatic N) is 1. The largest absolute Gasteiger partial charge is 0.381 e. The summed E-state index contributed by atoms with van der Waals surface area (Å²) in [6.07, 6.45) is 6.02. The van der Waals surface area contributed by atoms with Gasteiger partial charge in [0, 0.05) is 25.3 Å². The van der Waals surface area contributed by atoms with Gasteiger partial charge in [-0.15, -0.1) is 0 Å². The van der Waals surface area contributed by atoms with E-state index in [1.807, 2.05) is 0 Å². The fourth-order valence-corrected chi connectivity index (χ4v) is 4.56. The van der Waals surface area contributed by atoms with Gasteiger partial charge in [-0.1, -0.05) is 55.3 Å². The summed E-state index contributed by atoms with van der Waals surface area (Å²) in [5.74, 6) is -0.303. The van der Waals surface area contributed by atoms with Gasteiger partial charge in [-0.05, 0) is 49.9 Å². The Morgan fingerprint density at radius 1 is 0.800 bits per heavy atom. The molecule has 5 nitrogen and oxygen atoms in total. The second-order valence-corrected chi connectivity index (χ2v) is 8.21. The van der Waals surface area contributed by atoms with Crippen LogP contribution in [0.25, 0.3) is 0 Å². The molecule has 0 unspecified atom stereocenters. The Labute approximate surface area is 178 Å². The Morgan fingerprint density at radius 2 is 1.40 bits per heavy atom. The maximum absolute atomic E-state index is 12.4. The van der Waals surface area contributed by atoms with Crippen molar-refractivity contribution in [3.05, 3.63) is 71.3 Å². The van der Waals surface area contributed by atoms with E-state index in [1.165, 1.54) is 10.5 Å². The smallest absolute Gasteiger partial charge is 0.261 e. The summed E-state index contributed by atoms with van der Waals surface area (Å²) in [4.78, 5) is 26.2. The van der Waals surface area contributed by atoms with E-state index in [0.717, 1.165) is 58.3 Å². The number of ether oxygens (including phenoxy) is 1. The Bertz CT molecular complexity index is 840. The van der Waals surface area contributed by atoms with Crippen molar-refractivity contribution in [3.63, 3.8) is 0 Å². The van der Waals surface area contributed by atoms with Gasteiger partial charge in [-0.3, -0.25) is 14.5 Å². The van der Waals surface area contributed by atoms with E-state index < -0.39 is 0 Å². The standard InChI is InChI=1S/C25H30N2O3/c28-23-21-12-6-7-13-22(21)24(29)27(23)17-9-2-1-8-16-26-25(14-18-30-19-15-25)20-10-4-3-5-11-20/h3-7,10-13,26H,1-2,8-9,14-19H2. The molecule has 2 aromatic carbocycles. The molecule has 2 aliphatic rings. The number of carbonyl (C=O) groups is 2. The molecular formula is C25H30N2O3. The zero-order valence-electron chi connectivity index (χ0n) is 17.4. The lowest BCUT2D eigenvalue weighted by molar-refractivity contribution is 0.0365. The minimum absolute atomic E-state index is 0.0136. The summed E-state index contributed by atoms with van der Waals surface area (Å²) in [6, 6.07) is 17.8. The van der Waals surface area contributed by atoms with Gasteiger partial charge >= 0.3 is 0 Å². The zero-order chi connectivity index (χ0) is 20.8. The van der Waals surface area contributed by atoms with E-state index in [4.69, 9.17) is 4.74 Å². The quantitative estimate of drug-likeness (QED) is 0.502. The maximum atomic E-state index is 12.4. The lowest BCUT2D eigenvalue weighted by Crippen LogP contribution is -2.47. The van der Waals surface area contributed by atoms with Crippen molar-refractivity contribution in [2.75, 3.05) is 26.3 Å². The number of nitrogens with one attached hydrogen (secondary N) is 1.